The van der Waals surface area contributed by atoms with Gasteiger partial charge in [-0.1, -0.05) is 5.16 Å². The molecule has 2 rings (SSSR count). The van der Waals surface area contributed by atoms with Crippen molar-refractivity contribution in [3.05, 3.63) is 17.5 Å². The molecule has 5 nitrogen and oxygen atoms in total. The van der Waals surface area contributed by atoms with Crippen LogP contribution in [0, 0.1) is 6.92 Å². The second-order valence-electron chi connectivity index (χ2n) is 4.03. The molecule has 1 fully saturated rings. The summed E-state index contributed by atoms with van der Waals surface area (Å²) in [5, 5.41) is 15.8. The summed E-state index contributed by atoms with van der Waals surface area (Å²) in [4.78, 5) is 11.0. The Morgan fingerprint density at radius 1 is 1.73 bits per heavy atom. The topological polar surface area (TPSA) is 75.4 Å². The van der Waals surface area contributed by atoms with Crippen molar-refractivity contribution in [1.29, 1.82) is 0 Å². The zero-order valence-corrected chi connectivity index (χ0v) is 8.62. The summed E-state index contributed by atoms with van der Waals surface area (Å²) in [6.07, 6.45) is 2.35. The van der Waals surface area contributed by atoms with Crippen molar-refractivity contribution in [2.45, 2.75) is 38.3 Å². The number of carboxylic acid groups (broad SMARTS) is 1. The Kier molecular flexibility index (Phi) is 2.48. The standard InChI is InChI=1S/C10H14N2O3/c1-7-5-8(15-12-7)6-11-10(9(13)14)3-2-4-10/h5,11H,2-4,6H2,1H3,(H,13,14). The summed E-state index contributed by atoms with van der Waals surface area (Å²) in [5.41, 5.74) is 0.0746. The summed E-state index contributed by atoms with van der Waals surface area (Å²) in [6.45, 7) is 2.26. The van der Waals surface area contributed by atoms with Gasteiger partial charge in [0, 0.05) is 6.07 Å². The second-order valence-corrected chi connectivity index (χ2v) is 4.03. The number of aromatic nitrogens is 1. The quantitative estimate of drug-likeness (QED) is 0.777. The van der Waals surface area contributed by atoms with Gasteiger partial charge in [0.2, 0.25) is 0 Å². The lowest BCUT2D eigenvalue weighted by Crippen LogP contribution is -2.56. The number of nitrogens with zero attached hydrogens (tertiary/aromatic N) is 1. The van der Waals surface area contributed by atoms with Gasteiger partial charge < -0.3 is 9.63 Å². The van der Waals surface area contributed by atoms with Crippen LogP contribution in [0.5, 0.6) is 0 Å². The molecule has 0 spiro atoms. The Labute approximate surface area is 87.5 Å². The lowest BCUT2D eigenvalue weighted by molar-refractivity contribution is -0.149. The first-order chi connectivity index (χ1) is 7.12. The van der Waals surface area contributed by atoms with Gasteiger partial charge in [-0.15, -0.1) is 0 Å². The van der Waals surface area contributed by atoms with Gasteiger partial charge in [0.15, 0.2) is 5.76 Å². The molecular formula is C10H14N2O3. The van der Waals surface area contributed by atoms with Crippen LogP contribution in [0.3, 0.4) is 0 Å². The van der Waals surface area contributed by atoms with Gasteiger partial charge in [-0.2, -0.15) is 0 Å². The molecule has 0 atom stereocenters. The number of hydrogen-bond acceptors (Lipinski definition) is 4. The third-order valence-corrected chi connectivity index (χ3v) is 2.89. The van der Waals surface area contributed by atoms with Crippen LogP contribution in [0.25, 0.3) is 0 Å². The summed E-state index contributed by atoms with van der Waals surface area (Å²) in [6, 6.07) is 1.81. The van der Waals surface area contributed by atoms with E-state index in [2.05, 4.69) is 10.5 Å². The molecule has 1 aromatic heterocycles. The van der Waals surface area contributed by atoms with Crippen LogP contribution in [0.1, 0.15) is 30.7 Å². The Bertz CT molecular complexity index is 368. The van der Waals surface area contributed by atoms with Crippen molar-refractivity contribution in [2.75, 3.05) is 0 Å². The van der Waals surface area contributed by atoms with E-state index in [9.17, 15) is 4.79 Å². The van der Waals surface area contributed by atoms with Crippen LogP contribution in [0.2, 0.25) is 0 Å². The molecule has 1 aliphatic carbocycles. The predicted octanol–water partition coefficient (Wildman–Crippen LogP) is 1.08. The molecule has 5 heteroatoms. The molecule has 2 N–H and O–H groups in total. The first-order valence-corrected chi connectivity index (χ1v) is 5.03. The van der Waals surface area contributed by atoms with Gasteiger partial charge in [-0.05, 0) is 26.2 Å². The fourth-order valence-corrected chi connectivity index (χ4v) is 1.75. The van der Waals surface area contributed by atoms with E-state index in [1.807, 2.05) is 6.92 Å². The third-order valence-electron chi connectivity index (χ3n) is 2.89. The molecule has 0 amide bonds. The SMILES string of the molecule is Cc1cc(CNC2(C(=O)O)CCC2)on1. The minimum Gasteiger partial charge on any atom is -0.480 e. The van der Waals surface area contributed by atoms with E-state index >= 15 is 0 Å². The molecule has 0 aromatic carbocycles. The highest BCUT2D eigenvalue weighted by Crippen LogP contribution is 2.32. The molecular weight excluding hydrogens is 196 g/mol. The van der Waals surface area contributed by atoms with Crippen LogP contribution in [-0.4, -0.2) is 21.8 Å². The maximum atomic E-state index is 11.0. The Morgan fingerprint density at radius 2 is 2.47 bits per heavy atom. The first-order valence-electron chi connectivity index (χ1n) is 5.03. The highest BCUT2D eigenvalue weighted by atomic mass is 16.5. The fraction of sp³-hybridized carbons (Fsp3) is 0.600. The molecule has 15 heavy (non-hydrogen) atoms. The second kappa shape index (κ2) is 3.66. The van der Waals surface area contributed by atoms with Crippen LogP contribution in [-0.2, 0) is 11.3 Å². The molecule has 82 valence electrons. The van der Waals surface area contributed by atoms with Crippen LogP contribution < -0.4 is 5.32 Å². The van der Waals surface area contributed by atoms with E-state index in [1.54, 1.807) is 6.07 Å². The largest absolute Gasteiger partial charge is 0.480 e. The van der Waals surface area contributed by atoms with Crippen molar-refractivity contribution >= 4 is 5.97 Å². The van der Waals surface area contributed by atoms with Gasteiger partial charge >= 0.3 is 5.97 Å². The minimum atomic E-state index is -0.773. The van der Waals surface area contributed by atoms with E-state index in [0.29, 0.717) is 25.1 Å². The van der Waals surface area contributed by atoms with E-state index in [1.165, 1.54) is 0 Å². The summed E-state index contributed by atoms with van der Waals surface area (Å²) in [7, 11) is 0. The molecule has 1 heterocycles. The maximum absolute atomic E-state index is 11.0. The van der Waals surface area contributed by atoms with Gasteiger partial charge in [-0.25, -0.2) is 0 Å². The number of nitrogens with one attached hydrogen (secondary N) is 1. The lowest BCUT2D eigenvalue weighted by atomic mass is 9.77. The van der Waals surface area contributed by atoms with Gasteiger partial charge in [0.25, 0.3) is 0 Å². The Hall–Kier alpha value is -1.36. The monoisotopic (exact) mass is 210 g/mol. The predicted molar refractivity (Wildman–Crippen MR) is 52.3 cm³/mol. The van der Waals surface area contributed by atoms with E-state index in [0.717, 1.165) is 12.1 Å². The zero-order chi connectivity index (χ0) is 10.9. The van der Waals surface area contributed by atoms with Crippen molar-refractivity contribution in [3.8, 4) is 0 Å². The minimum absolute atomic E-state index is 0.424. The summed E-state index contributed by atoms with van der Waals surface area (Å²) in [5.74, 6) is -0.0926. The number of carboxylic acids is 1. The van der Waals surface area contributed by atoms with Crippen molar-refractivity contribution in [1.82, 2.24) is 10.5 Å². The molecule has 0 aliphatic heterocycles. The first kappa shape index (κ1) is 10.2. The Morgan fingerprint density at radius 3 is 2.87 bits per heavy atom. The number of aryl methyl sites for hydroxylation is 1. The summed E-state index contributed by atoms with van der Waals surface area (Å²) < 4.78 is 5.00. The highest BCUT2D eigenvalue weighted by Gasteiger charge is 2.43. The van der Waals surface area contributed by atoms with E-state index < -0.39 is 11.5 Å². The number of hydrogen-bond donors (Lipinski definition) is 2. The maximum Gasteiger partial charge on any atom is 0.323 e. The zero-order valence-electron chi connectivity index (χ0n) is 8.62. The van der Waals surface area contributed by atoms with Crippen LogP contribution >= 0.6 is 0 Å². The lowest BCUT2D eigenvalue weighted by Gasteiger charge is -2.38. The van der Waals surface area contributed by atoms with Gasteiger partial charge in [0.05, 0.1) is 12.2 Å². The third kappa shape index (κ3) is 1.87. The average Bonchev–Trinajstić information content (AvgIpc) is 2.49. The van der Waals surface area contributed by atoms with Gasteiger partial charge in [-0.3, -0.25) is 10.1 Å². The number of aliphatic carboxylic acids is 1. The Balaban J connectivity index is 1.95. The van der Waals surface area contributed by atoms with E-state index in [-0.39, 0.29) is 0 Å². The molecule has 0 saturated heterocycles. The van der Waals surface area contributed by atoms with Crippen LogP contribution in [0.4, 0.5) is 0 Å². The molecule has 1 saturated carbocycles. The number of carbonyl (C=O) groups is 1. The van der Waals surface area contributed by atoms with Crippen molar-refractivity contribution in [3.63, 3.8) is 0 Å². The van der Waals surface area contributed by atoms with Crippen LogP contribution in [0.15, 0.2) is 10.6 Å². The number of rotatable bonds is 4. The molecule has 0 unspecified atom stereocenters. The van der Waals surface area contributed by atoms with E-state index in [4.69, 9.17) is 9.63 Å². The highest BCUT2D eigenvalue weighted by molar-refractivity contribution is 5.79. The molecule has 0 bridgehead atoms. The fourth-order valence-electron chi connectivity index (χ4n) is 1.75. The molecule has 1 aliphatic rings. The smallest absolute Gasteiger partial charge is 0.323 e. The van der Waals surface area contributed by atoms with Crippen molar-refractivity contribution < 1.29 is 14.4 Å². The van der Waals surface area contributed by atoms with Gasteiger partial charge in [0.1, 0.15) is 5.54 Å². The normalized spacial score (nSPS) is 18.5. The molecule has 0 radical (unpaired) electrons. The van der Waals surface area contributed by atoms with Crippen molar-refractivity contribution in [2.24, 2.45) is 0 Å². The summed E-state index contributed by atoms with van der Waals surface area (Å²) >= 11 is 0. The molecule has 1 aromatic rings. The average molecular weight is 210 g/mol.